The van der Waals surface area contributed by atoms with Crippen LogP contribution < -0.4 is 14.4 Å². The topological polar surface area (TPSA) is 64.8 Å². The first-order chi connectivity index (χ1) is 14.5. The van der Waals surface area contributed by atoms with Crippen LogP contribution in [0.25, 0.3) is 10.2 Å². The first-order valence-electron chi connectivity index (χ1n) is 9.45. The molecule has 0 fully saturated rings. The molecule has 0 aliphatic rings. The lowest BCUT2D eigenvalue weighted by molar-refractivity contribution is 0.0979. The van der Waals surface area contributed by atoms with E-state index in [1.165, 1.54) is 18.4 Å². The van der Waals surface area contributed by atoms with Crippen LogP contribution in [-0.2, 0) is 6.54 Å². The number of ether oxygens (including phenoxy) is 2. The number of aryl methyl sites for hydroxylation is 2. The van der Waals surface area contributed by atoms with Crippen molar-refractivity contribution in [2.45, 2.75) is 20.4 Å². The van der Waals surface area contributed by atoms with Crippen LogP contribution in [0.3, 0.4) is 0 Å². The van der Waals surface area contributed by atoms with Crippen LogP contribution in [0.1, 0.15) is 27.2 Å². The minimum atomic E-state index is -0.240. The second-order valence-electron chi connectivity index (χ2n) is 6.94. The molecule has 0 atom stereocenters. The average molecular weight is 423 g/mol. The number of carbonyl (C=O) groups excluding carboxylic acids is 1. The van der Waals surface area contributed by atoms with Crippen molar-refractivity contribution in [2.75, 3.05) is 19.1 Å². The zero-order valence-corrected chi connectivity index (χ0v) is 18.1. The predicted octanol–water partition coefficient (Wildman–Crippen LogP) is 5.37. The number of hydrogen-bond acceptors (Lipinski definition) is 6. The number of anilines is 1. The van der Waals surface area contributed by atoms with Gasteiger partial charge in [-0.15, -0.1) is 0 Å². The Balaban J connectivity index is 1.83. The van der Waals surface area contributed by atoms with E-state index in [1.807, 2.05) is 19.1 Å². The van der Waals surface area contributed by atoms with Gasteiger partial charge in [0.15, 0.2) is 16.6 Å². The zero-order chi connectivity index (χ0) is 21.3. The van der Waals surface area contributed by atoms with Gasteiger partial charge in [-0.2, -0.15) is 0 Å². The molecule has 30 heavy (non-hydrogen) atoms. The van der Waals surface area contributed by atoms with E-state index in [0.29, 0.717) is 28.0 Å². The van der Waals surface area contributed by atoms with Crippen molar-refractivity contribution in [1.82, 2.24) is 4.98 Å². The summed E-state index contributed by atoms with van der Waals surface area (Å²) in [5.74, 6) is 1.31. The van der Waals surface area contributed by atoms with Gasteiger partial charge in [0.25, 0.3) is 5.91 Å². The van der Waals surface area contributed by atoms with Crippen LogP contribution in [0.15, 0.2) is 53.1 Å². The van der Waals surface area contributed by atoms with Crippen molar-refractivity contribution in [1.29, 1.82) is 0 Å². The molecule has 0 spiro atoms. The molecule has 4 rings (SSSR count). The standard InChI is InChI=1S/C23H22N2O4S/c1-14-11-15(2)21-18(12-14)24-23(30-21)25(13-16-7-6-10-29-16)22(26)17-8-5-9-19(27-3)20(17)28-4/h5-12H,13H2,1-4H3. The highest BCUT2D eigenvalue weighted by atomic mass is 32.1. The van der Waals surface area contributed by atoms with Gasteiger partial charge in [-0.1, -0.05) is 23.5 Å². The van der Waals surface area contributed by atoms with Gasteiger partial charge in [0.1, 0.15) is 5.76 Å². The molecule has 0 aliphatic carbocycles. The Morgan fingerprint density at radius 1 is 1.13 bits per heavy atom. The van der Waals surface area contributed by atoms with Gasteiger partial charge in [0, 0.05) is 0 Å². The van der Waals surface area contributed by atoms with E-state index in [9.17, 15) is 4.79 Å². The first kappa shape index (κ1) is 20.0. The molecule has 0 radical (unpaired) electrons. The molecule has 2 heterocycles. The number of furan rings is 1. The first-order valence-corrected chi connectivity index (χ1v) is 10.3. The third kappa shape index (κ3) is 3.64. The molecule has 0 saturated carbocycles. The Bertz CT molecular complexity index is 1200. The third-order valence-electron chi connectivity index (χ3n) is 4.81. The number of nitrogens with zero attached hydrogens (tertiary/aromatic N) is 2. The maximum atomic E-state index is 13.7. The molecular weight excluding hydrogens is 400 g/mol. The molecule has 7 heteroatoms. The fourth-order valence-electron chi connectivity index (χ4n) is 3.47. The number of methoxy groups -OCH3 is 2. The third-order valence-corrected chi connectivity index (χ3v) is 6.04. The van der Waals surface area contributed by atoms with E-state index in [0.717, 1.165) is 21.3 Å². The van der Waals surface area contributed by atoms with Gasteiger partial charge < -0.3 is 13.9 Å². The van der Waals surface area contributed by atoms with E-state index >= 15 is 0 Å². The summed E-state index contributed by atoms with van der Waals surface area (Å²) in [5.41, 5.74) is 3.55. The summed E-state index contributed by atoms with van der Waals surface area (Å²) < 4.78 is 17.4. The molecule has 1 amide bonds. The predicted molar refractivity (Wildman–Crippen MR) is 118 cm³/mol. The highest BCUT2D eigenvalue weighted by Gasteiger charge is 2.27. The fraction of sp³-hybridized carbons (Fsp3) is 0.217. The molecule has 2 aromatic heterocycles. The van der Waals surface area contributed by atoms with E-state index in [-0.39, 0.29) is 12.5 Å². The molecule has 0 N–H and O–H groups in total. The normalized spacial score (nSPS) is 10.9. The summed E-state index contributed by atoms with van der Waals surface area (Å²) in [6, 6.07) is 13.0. The van der Waals surface area contributed by atoms with Crippen molar-refractivity contribution in [2.24, 2.45) is 0 Å². The molecule has 154 valence electrons. The minimum Gasteiger partial charge on any atom is -0.493 e. The number of thiazole rings is 1. The number of rotatable bonds is 6. The van der Waals surface area contributed by atoms with E-state index in [2.05, 4.69) is 13.0 Å². The maximum absolute atomic E-state index is 13.7. The van der Waals surface area contributed by atoms with Gasteiger partial charge in [-0.3, -0.25) is 9.69 Å². The molecule has 0 bridgehead atoms. The van der Waals surface area contributed by atoms with Crippen LogP contribution in [0.5, 0.6) is 11.5 Å². The summed E-state index contributed by atoms with van der Waals surface area (Å²) in [4.78, 5) is 20.1. The summed E-state index contributed by atoms with van der Waals surface area (Å²) in [7, 11) is 3.07. The summed E-state index contributed by atoms with van der Waals surface area (Å²) in [5, 5.41) is 0.602. The highest BCUT2D eigenvalue weighted by Crippen LogP contribution is 2.36. The Hall–Kier alpha value is -3.32. The number of benzene rings is 2. The number of para-hydroxylation sites is 1. The van der Waals surface area contributed by atoms with Gasteiger partial charge in [0.2, 0.25) is 0 Å². The molecule has 0 saturated heterocycles. The average Bonchev–Trinajstić information content (AvgIpc) is 3.40. The Morgan fingerprint density at radius 3 is 2.67 bits per heavy atom. The lowest BCUT2D eigenvalue weighted by Gasteiger charge is -2.20. The van der Waals surface area contributed by atoms with Crippen molar-refractivity contribution in [3.05, 3.63) is 71.2 Å². The van der Waals surface area contributed by atoms with Crippen molar-refractivity contribution in [3.8, 4) is 11.5 Å². The largest absolute Gasteiger partial charge is 0.493 e. The van der Waals surface area contributed by atoms with Gasteiger partial charge >= 0.3 is 0 Å². The Labute approximate surface area is 178 Å². The van der Waals surface area contributed by atoms with E-state index in [4.69, 9.17) is 18.9 Å². The monoisotopic (exact) mass is 422 g/mol. The number of aromatic nitrogens is 1. The minimum absolute atomic E-state index is 0.240. The summed E-state index contributed by atoms with van der Waals surface area (Å²) in [6.07, 6.45) is 1.59. The second-order valence-corrected chi connectivity index (χ2v) is 7.92. The van der Waals surface area contributed by atoms with Crippen molar-refractivity contribution >= 4 is 32.6 Å². The summed E-state index contributed by atoms with van der Waals surface area (Å²) >= 11 is 1.49. The second kappa shape index (κ2) is 8.20. The number of fused-ring (bicyclic) bond motifs is 1. The van der Waals surface area contributed by atoms with Crippen molar-refractivity contribution in [3.63, 3.8) is 0 Å². The smallest absolute Gasteiger partial charge is 0.264 e. The SMILES string of the molecule is COc1cccc(C(=O)N(Cc2ccco2)c2nc3cc(C)cc(C)c3s2)c1OC. The van der Waals surface area contributed by atoms with Crippen LogP contribution >= 0.6 is 11.3 Å². The molecule has 6 nitrogen and oxygen atoms in total. The van der Waals surface area contributed by atoms with Crippen LogP contribution in [0, 0.1) is 13.8 Å². The Morgan fingerprint density at radius 2 is 1.97 bits per heavy atom. The van der Waals surface area contributed by atoms with E-state index in [1.54, 1.807) is 42.5 Å². The molecular formula is C23H22N2O4S. The molecule has 0 unspecified atom stereocenters. The molecule has 4 aromatic rings. The summed E-state index contributed by atoms with van der Waals surface area (Å²) in [6.45, 7) is 4.35. The van der Waals surface area contributed by atoms with Crippen LogP contribution in [-0.4, -0.2) is 25.1 Å². The van der Waals surface area contributed by atoms with Crippen LogP contribution in [0.2, 0.25) is 0 Å². The lowest BCUT2D eigenvalue weighted by Crippen LogP contribution is -2.30. The van der Waals surface area contributed by atoms with Crippen LogP contribution in [0.4, 0.5) is 5.13 Å². The lowest BCUT2D eigenvalue weighted by atomic mass is 10.1. The quantitative estimate of drug-likeness (QED) is 0.418. The number of amides is 1. The number of hydrogen-bond donors (Lipinski definition) is 0. The highest BCUT2D eigenvalue weighted by molar-refractivity contribution is 7.22. The molecule has 2 aromatic carbocycles. The zero-order valence-electron chi connectivity index (χ0n) is 17.3. The van der Waals surface area contributed by atoms with Gasteiger partial charge in [-0.05, 0) is 55.3 Å². The number of carbonyl (C=O) groups is 1. The maximum Gasteiger partial charge on any atom is 0.264 e. The van der Waals surface area contributed by atoms with E-state index < -0.39 is 0 Å². The van der Waals surface area contributed by atoms with Gasteiger partial charge in [-0.25, -0.2) is 4.98 Å². The molecule has 0 aliphatic heterocycles. The fourth-order valence-corrected chi connectivity index (χ4v) is 4.48. The van der Waals surface area contributed by atoms with Crippen molar-refractivity contribution < 1.29 is 18.7 Å². The van der Waals surface area contributed by atoms with Gasteiger partial charge in [0.05, 0.1) is 42.8 Å². The Kier molecular flexibility index (Phi) is 5.46.